The molecular weight excluding hydrogens is 270 g/mol. The van der Waals surface area contributed by atoms with Crippen molar-refractivity contribution in [3.8, 4) is 0 Å². The van der Waals surface area contributed by atoms with Crippen LogP contribution in [0.2, 0.25) is 5.28 Å². The number of aromatic nitrogens is 2. The quantitative estimate of drug-likeness (QED) is 0.654. The summed E-state index contributed by atoms with van der Waals surface area (Å²) in [7, 11) is 1.99. The van der Waals surface area contributed by atoms with Crippen LogP contribution in [-0.4, -0.2) is 17.0 Å². The molecule has 0 unspecified atom stereocenters. The molecule has 0 aliphatic rings. The predicted octanol–water partition coefficient (Wildman–Crippen LogP) is 4.36. The molecule has 3 aromatic rings. The second-order valence-electron chi connectivity index (χ2n) is 4.68. The van der Waals surface area contributed by atoms with Gasteiger partial charge in [0.1, 0.15) is 5.82 Å². The molecule has 1 aromatic heterocycles. The van der Waals surface area contributed by atoms with Crippen molar-refractivity contribution < 1.29 is 0 Å². The van der Waals surface area contributed by atoms with Crippen molar-refractivity contribution in [2.24, 2.45) is 0 Å². The maximum atomic E-state index is 6.06. The number of halogens is 1. The standard InChI is InChI=1S/C16H14ClN3/c1-11-7-6-10-13-14(11)15(19-16(17)18-13)20(2)12-8-4-3-5-9-12/h3-10H,1-2H3. The number of anilines is 2. The van der Waals surface area contributed by atoms with E-state index in [2.05, 4.69) is 23.0 Å². The van der Waals surface area contributed by atoms with Gasteiger partial charge in [-0.3, -0.25) is 0 Å². The third-order valence-corrected chi connectivity index (χ3v) is 3.52. The molecule has 0 saturated carbocycles. The van der Waals surface area contributed by atoms with Gasteiger partial charge in [-0.15, -0.1) is 0 Å². The number of aryl methyl sites for hydroxylation is 1. The van der Waals surface area contributed by atoms with Gasteiger partial charge in [-0.05, 0) is 42.3 Å². The summed E-state index contributed by atoms with van der Waals surface area (Å²) < 4.78 is 0. The van der Waals surface area contributed by atoms with Crippen molar-refractivity contribution in [3.05, 3.63) is 59.4 Å². The highest BCUT2D eigenvalue weighted by Gasteiger charge is 2.13. The number of nitrogens with zero attached hydrogens (tertiary/aromatic N) is 3. The van der Waals surface area contributed by atoms with E-state index in [1.54, 1.807) is 0 Å². The van der Waals surface area contributed by atoms with Crippen molar-refractivity contribution in [3.63, 3.8) is 0 Å². The lowest BCUT2D eigenvalue weighted by Crippen LogP contribution is -2.12. The van der Waals surface area contributed by atoms with Gasteiger partial charge >= 0.3 is 0 Å². The fraction of sp³-hybridized carbons (Fsp3) is 0.125. The lowest BCUT2D eigenvalue weighted by Gasteiger charge is -2.20. The Morgan fingerprint density at radius 1 is 0.950 bits per heavy atom. The Bertz CT molecular complexity index is 756. The Kier molecular flexibility index (Phi) is 3.28. The first kappa shape index (κ1) is 12.9. The fourth-order valence-electron chi connectivity index (χ4n) is 2.32. The van der Waals surface area contributed by atoms with Crippen molar-refractivity contribution in [2.75, 3.05) is 11.9 Å². The highest BCUT2D eigenvalue weighted by Crippen LogP contribution is 2.31. The van der Waals surface area contributed by atoms with E-state index in [-0.39, 0.29) is 5.28 Å². The molecule has 0 amide bonds. The first-order valence-corrected chi connectivity index (χ1v) is 6.76. The molecule has 4 heteroatoms. The highest BCUT2D eigenvalue weighted by atomic mass is 35.5. The molecule has 0 bridgehead atoms. The summed E-state index contributed by atoms with van der Waals surface area (Å²) in [4.78, 5) is 10.8. The Morgan fingerprint density at radius 2 is 1.70 bits per heavy atom. The molecule has 0 fully saturated rings. The third-order valence-electron chi connectivity index (χ3n) is 3.35. The summed E-state index contributed by atoms with van der Waals surface area (Å²) in [5.74, 6) is 0.823. The number of fused-ring (bicyclic) bond motifs is 1. The zero-order chi connectivity index (χ0) is 14.1. The summed E-state index contributed by atoms with van der Waals surface area (Å²) in [6.45, 7) is 2.06. The van der Waals surface area contributed by atoms with Gasteiger partial charge in [-0.1, -0.05) is 30.3 Å². The molecule has 3 rings (SSSR count). The van der Waals surface area contributed by atoms with E-state index in [9.17, 15) is 0 Å². The third kappa shape index (κ3) is 2.21. The van der Waals surface area contributed by atoms with Crippen molar-refractivity contribution in [1.29, 1.82) is 0 Å². The smallest absolute Gasteiger partial charge is 0.224 e. The molecule has 100 valence electrons. The molecule has 0 saturated heterocycles. The molecule has 2 aromatic carbocycles. The molecule has 0 aliphatic carbocycles. The van der Waals surface area contributed by atoms with E-state index in [1.807, 2.05) is 54.4 Å². The van der Waals surface area contributed by atoms with Crippen LogP contribution in [0.25, 0.3) is 10.9 Å². The van der Waals surface area contributed by atoms with Gasteiger partial charge in [0.05, 0.1) is 5.52 Å². The Morgan fingerprint density at radius 3 is 2.45 bits per heavy atom. The van der Waals surface area contributed by atoms with Crippen LogP contribution < -0.4 is 4.90 Å². The monoisotopic (exact) mass is 283 g/mol. The normalized spacial score (nSPS) is 10.8. The maximum Gasteiger partial charge on any atom is 0.224 e. The van der Waals surface area contributed by atoms with Crippen LogP contribution in [-0.2, 0) is 0 Å². The summed E-state index contributed by atoms with van der Waals surface area (Å²) in [6.07, 6.45) is 0. The SMILES string of the molecule is Cc1cccc2nc(Cl)nc(N(C)c3ccccc3)c12. The first-order valence-electron chi connectivity index (χ1n) is 6.38. The summed E-state index contributed by atoms with van der Waals surface area (Å²) >= 11 is 6.06. The van der Waals surface area contributed by atoms with Crippen LogP contribution in [0.1, 0.15) is 5.56 Å². The average Bonchev–Trinajstić information content (AvgIpc) is 2.46. The molecule has 20 heavy (non-hydrogen) atoms. The van der Waals surface area contributed by atoms with Crippen LogP contribution in [0, 0.1) is 6.92 Å². The number of benzene rings is 2. The Balaban J connectivity index is 2.25. The van der Waals surface area contributed by atoms with E-state index in [0.29, 0.717) is 0 Å². The Labute approximate surface area is 122 Å². The molecule has 0 radical (unpaired) electrons. The van der Waals surface area contributed by atoms with Crippen LogP contribution in [0.15, 0.2) is 48.5 Å². The molecular formula is C16H14ClN3. The lowest BCUT2D eigenvalue weighted by molar-refractivity contribution is 1.11. The van der Waals surface area contributed by atoms with Gasteiger partial charge in [0.2, 0.25) is 5.28 Å². The minimum Gasteiger partial charge on any atom is -0.329 e. The van der Waals surface area contributed by atoms with Crippen LogP contribution in [0.3, 0.4) is 0 Å². The topological polar surface area (TPSA) is 29.0 Å². The largest absolute Gasteiger partial charge is 0.329 e. The summed E-state index contributed by atoms with van der Waals surface area (Å²) in [5.41, 5.74) is 3.06. The number of para-hydroxylation sites is 1. The second kappa shape index (κ2) is 5.10. The Hall–Kier alpha value is -2.13. The van der Waals surface area contributed by atoms with Gasteiger partial charge in [-0.2, -0.15) is 4.98 Å². The maximum absolute atomic E-state index is 6.06. The van der Waals surface area contributed by atoms with E-state index in [4.69, 9.17) is 11.6 Å². The van der Waals surface area contributed by atoms with Gasteiger partial charge in [0.25, 0.3) is 0 Å². The molecule has 0 aliphatic heterocycles. The molecule has 0 atom stereocenters. The average molecular weight is 284 g/mol. The molecule has 0 N–H and O–H groups in total. The minimum atomic E-state index is 0.265. The molecule has 0 spiro atoms. The summed E-state index contributed by atoms with van der Waals surface area (Å²) in [6, 6.07) is 16.1. The number of hydrogen-bond acceptors (Lipinski definition) is 3. The van der Waals surface area contributed by atoms with Crippen molar-refractivity contribution in [2.45, 2.75) is 6.92 Å². The predicted molar refractivity (Wildman–Crippen MR) is 83.8 cm³/mol. The highest BCUT2D eigenvalue weighted by molar-refractivity contribution is 6.29. The van der Waals surface area contributed by atoms with Crippen molar-refractivity contribution >= 4 is 34.0 Å². The zero-order valence-corrected chi connectivity index (χ0v) is 12.1. The molecule has 3 nitrogen and oxygen atoms in total. The van der Waals surface area contributed by atoms with E-state index < -0.39 is 0 Å². The fourth-order valence-corrected chi connectivity index (χ4v) is 2.49. The number of rotatable bonds is 2. The van der Waals surface area contributed by atoms with Crippen LogP contribution >= 0.6 is 11.6 Å². The van der Waals surface area contributed by atoms with Gasteiger partial charge < -0.3 is 4.90 Å². The van der Waals surface area contributed by atoms with E-state index in [1.165, 1.54) is 0 Å². The first-order chi connectivity index (χ1) is 9.66. The van der Waals surface area contributed by atoms with E-state index >= 15 is 0 Å². The molecule has 1 heterocycles. The van der Waals surface area contributed by atoms with Crippen LogP contribution in [0.4, 0.5) is 11.5 Å². The van der Waals surface area contributed by atoms with Crippen LogP contribution in [0.5, 0.6) is 0 Å². The zero-order valence-electron chi connectivity index (χ0n) is 11.3. The second-order valence-corrected chi connectivity index (χ2v) is 5.02. The number of hydrogen-bond donors (Lipinski definition) is 0. The van der Waals surface area contributed by atoms with Crippen molar-refractivity contribution in [1.82, 2.24) is 9.97 Å². The summed E-state index contributed by atoms with van der Waals surface area (Å²) in [5, 5.41) is 1.30. The van der Waals surface area contributed by atoms with E-state index in [0.717, 1.165) is 28.0 Å². The van der Waals surface area contributed by atoms with Gasteiger partial charge in [0, 0.05) is 18.1 Å². The lowest BCUT2D eigenvalue weighted by atomic mass is 10.1. The minimum absolute atomic E-state index is 0.265. The van der Waals surface area contributed by atoms with Gasteiger partial charge in [-0.25, -0.2) is 4.98 Å². The van der Waals surface area contributed by atoms with Gasteiger partial charge in [0.15, 0.2) is 0 Å².